The van der Waals surface area contributed by atoms with E-state index >= 15 is 0 Å². The normalized spacial score (nSPS) is 10.9. The molecule has 140 valence electrons. The molecular formula is C22H19N3O3. The molecule has 1 aromatic carbocycles. The van der Waals surface area contributed by atoms with Gasteiger partial charge in [0.1, 0.15) is 5.82 Å². The van der Waals surface area contributed by atoms with E-state index in [-0.39, 0.29) is 12.4 Å². The number of pyridine rings is 1. The maximum atomic E-state index is 12.7. The highest BCUT2D eigenvalue weighted by Gasteiger charge is 2.20. The highest BCUT2D eigenvalue weighted by atomic mass is 16.5. The number of hydrogen-bond acceptors (Lipinski definition) is 4. The average Bonchev–Trinajstić information content (AvgIpc) is 3.27. The van der Waals surface area contributed by atoms with Crippen molar-refractivity contribution in [1.82, 2.24) is 14.5 Å². The molecule has 6 heteroatoms. The van der Waals surface area contributed by atoms with Crippen LogP contribution in [0, 0.1) is 13.8 Å². The summed E-state index contributed by atoms with van der Waals surface area (Å²) in [6, 6.07) is 14.9. The molecule has 3 heterocycles. The fraction of sp³-hybridized carbons (Fsp3) is 0.136. The van der Waals surface area contributed by atoms with E-state index in [1.54, 1.807) is 18.5 Å². The molecule has 0 radical (unpaired) electrons. The summed E-state index contributed by atoms with van der Waals surface area (Å²) in [5.74, 6) is -0.0276. The van der Waals surface area contributed by atoms with Crippen LogP contribution in [0.3, 0.4) is 0 Å². The summed E-state index contributed by atoms with van der Waals surface area (Å²) in [6.07, 6.45) is 3.31. The number of carbonyl (C=O) groups excluding carboxylic acids is 2. The van der Waals surface area contributed by atoms with Gasteiger partial charge in [0.15, 0.2) is 6.61 Å². The predicted molar refractivity (Wildman–Crippen MR) is 106 cm³/mol. The molecule has 0 fully saturated rings. The molecule has 0 aliphatic heterocycles. The van der Waals surface area contributed by atoms with Crippen molar-refractivity contribution < 1.29 is 14.3 Å². The van der Waals surface area contributed by atoms with Crippen molar-refractivity contribution in [2.75, 3.05) is 6.61 Å². The van der Waals surface area contributed by atoms with Crippen molar-refractivity contribution in [3.05, 3.63) is 83.4 Å². The number of rotatable bonds is 5. The number of aromatic amines is 1. The number of aromatic nitrogens is 3. The lowest BCUT2D eigenvalue weighted by Gasteiger charge is -2.08. The molecular weight excluding hydrogens is 354 g/mol. The molecule has 0 bridgehead atoms. The summed E-state index contributed by atoms with van der Waals surface area (Å²) in [5.41, 5.74) is 3.45. The highest BCUT2D eigenvalue weighted by Crippen LogP contribution is 2.21. The van der Waals surface area contributed by atoms with Crippen LogP contribution in [0.5, 0.6) is 0 Å². The molecule has 3 aromatic heterocycles. The third kappa shape index (κ3) is 3.09. The van der Waals surface area contributed by atoms with E-state index in [0.717, 1.165) is 28.1 Å². The SMILES string of the molecule is Cc1cc(C(=O)COC(=O)c2c[nH]c3ccccc23)c(C)n1-c1ccccn1. The number of hydrogen-bond donors (Lipinski definition) is 1. The van der Waals surface area contributed by atoms with Gasteiger partial charge in [0.05, 0.1) is 5.56 Å². The number of benzene rings is 1. The zero-order valence-electron chi connectivity index (χ0n) is 15.6. The number of nitrogens with zero attached hydrogens (tertiary/aromatic N) is 2. The number of para-hydroxylation sites is 1. The van der Waals surface area contributed by atoms with E-state index in [1.165, 1.54) is 0 Å². The van der Waals surface area contributed by atoms with E-state index < -0.39 is 5.97 Å². The van der Waals surface area contributed by atoms with Crippen molar-refractivity contribution in [3.63, 3.8) is 0 Å². The number of nitrogens with one attached hydrogen (secondary N) is 1. The van der Waals surface area contributed by atoms with Crippen LogP contribution in [-0.2, 0) is 4.74 Å². The Kier molecular flexibility index (Phi) is 4.53. The second kappa shape index (κ2) is 7.15. The van der Waals surface area contributed by atoms with Crippen LogP contribution >= 0.6 is 0 Å². The Labute approximate surface area is 161 Å². The van der Waals surface area contributed by atoms with Crippen LogP contribution in [0.4, 0.5) is 0 Å². The third-order valence-electron chi connectivity index (χ3n) is 4.75. The van der Waals surface area contributed by atoms with Crippen LogP contribution in [0.2, 0.25) is 0 Å². The largest absolute Gasteiger partial charge is 0.454 e. The van der Waals surface area contributed by atoms with Gasteiger partial charge in [0.2, 0.25) is 5.78 Å². The molecule has 4 rings (SSSR count). The number of fused-ring (bicyclic) bond motifs is 1. The molecule has 6 nitrogen and oxygen atoms in total. The molecule has 0 atom stereocenters. The maximum Gasteiger partial charge on any atom is 0.340 e. The fourth-order valence-corrected chi connectivity index (χ4v) is 3.41. The molecule has 1 N–H and O–H groups in total. The van der Waals surface area contributed by atoms with Crippen LogP contribution < -0.4 is 0 Å². The van der Waals surface area contributed by atoms with Gasteiger partial charge in [-0.1, -0.05) is 24.3 Å². The topological polar surface area (TPSA) is 77.0 Å². The van der Waals surface area contributed by atoms with Gasteiger partial charge < -0.3 is 14.3 Å². The second-order valence-corrected chi connectivity index (χ2v) is 6.56. The quantitative estimate of drug-likeness (QED) is 0.424. The van der Waals surface area contributed by atoms with Gasteiger partial charge in [-0.15, -0.1) is 0 Å². The smallest absolute Gasteiger partial charge is 0.340 e. The number of aryl methyl sites for hydroxylation is 1. The van der Waals surface area contributed by atoms with Gasteiger partial charge in [-0.05, 0) is 38.1 Å². The number of ether oxygens (including phenoxy) is 1. The second-order valence-electron chi connectivity index (χ2n) is 6.56. The lowest BCUT2D eigenvalue weighted by molar-refractivity contribution is 0.0476. The Balaban J connectivity index is 1.52. The van der Waals surface area contributed by atoms with E-state index in [9.17, 15) is 9.59 Å². The van der Waals surface area contributed by atoms with E-state index in [4.69, 9.17) is 4.74 Å². The molecule has 0 saturated carbocycles. The van der Waals surface area contributed by atoms with Gasteiger partial charge >= 0.3 is 5.97 Å². The van der Waals surface area contributed by atoms with Gasteiger partial charge in [-0.2, -0.15) is 0 Å². The minimum Gasteiger partial charge on any atom is -0.454 e. The molecule has 0 aliphatic rings. The van der Waals surface area contributed by atoms with E-state index in [0.29, 0.717) is 11.1 Å². The Morgan fingerprint density at radius 3 is 2.64 bits per heavy atom. The monoisotopic (exact) mass is 373 g/mol. The van der Waals surface area contributed by atoms with Crippen LogP contribution in [-0.4, -0.2) is 32.9 Å². The van der Waals surface area contributed by atoms with E-state index in [1.807, 2.05) is 60.9 Å². The summed E-state index contributed by atoms with van der Waals surface area (Å²) in [5, 5.41) is 0.772. The molecule has 0 aliphatic carbocycles. The standard InChI is InChI=1S/C22H19N3O3/c1-14-11-17(15(2)25(14)21-9-5-6-10-23-21)20(26)13-28-22(27)18-12-24-19-8-4-3-7-16(18)19/h3-12,24H,13H2,1-2H3. The molecule has 0 spiro atoms. The number of esters is 1. The Morgan fingerprint density at radius 1 is 1.07 bits per heavy atom. The van der Waals surface area contributed by atoms with Crippen LogP contribution in [0.15, 0.2) is 60.9 Å². The number of H-pyrrole nitrogens is 1. The zero-order chi connectivity index (χ0) is 19.7. The highest BCUT2D eigenvalue weighted by molar-refractivity contribution is 6.05. The first-order chi connectivity index (χ1) is 13.6. The maximum absolute atomic E-state index is 12.7. The van der Waals surface area contributed by atoms with E-state index in [2.05, 4.69) is 9.97 Å². The molecule has 0 unspecified atom stereocenters. The van der Waals surface area contributed by atoms with Crippen molar-refractivity contribution in [3.8, 4) is 5.82 Å². The summed E-state index contributed by atoms with van der Waals surface area (Å²) in [4.78, 5) is 32.5. The average molecular weight is 373 g/mol. The molecule has 0 amide bonds. The zero-order valence-corrected chi connectivity index (χ0v) is 15.6. The summed E-state index contributed by atoms with van der Waals surface area (Å²) >= 11 is 0. The van der Waals surface area contributed by atoms with Gasteiger partial charge in [-0.25, -0.2) is 9.78 Å². The predicted octanol–water partition coefficient (Wildman–Crippen LogP) is 4.01. The van der Waals surface area contributed by atoms with Crippen molar-refractivity contribution in [2.24, 2.45) is 0 Å². The van der Waals surface area contributed by atoms with Crippen LogP contribution in [0.25, 0.3) is 16.7 Å². The molecule has 4 aromatic rings. The first-order valence-electron chi connectivity index (χ1n) is 8.93. The van der Waals surface area contributed by atoms with Crippen LogP contribution in [0.1, 0.15) is 32.1 Å². The lowest BCUT2D eigenvalue weighted by Crippen LogP contribution is -2.15. The molecule has 0 saturated heterocycles. The number of Topliss-reactive ketones (excluding diaryl/α,β-unsaturated/α-hetero) is 1. The first kappa shape index (κ1) is 17.7. The van der Waals surface area contributed by atoms with Gasteiger partial charge in [0, 0.05) is 40.2 Å². The summed E-state index contributed by atoms with van der Waals surface area (Å²) < 4.78 is 7.20. The fourth-order valence-electron chi connectivity index (χ4n) is 3.41. The summed E-state index contributed by atoms with van der Waals surface area (Å²) in [7, 11) is 0. The van der Waals surface area contributed by atoms with Crippen molar-refractivity contribution in [2.45, 2.75) is 13.8 Å². The Hall–Kier alpha value is -3.67. The van der Waals surface area contributed by atoms with Crippen molar-refractivity contribution in [1.29, 1.82) is 0 Å². The number of ketones is 1. The molecule has 28 heavy (non-hydrogen) atoms. The third-order valence-corrected chi connectivity index (χ3v) is 4.75. The van der Waals surface area contributed by atoms with Gasteiger partial charge in [0.25, 0.3) is 0 Å². The van der Waals surface area contributed by atoms with Gasteiger partial charge in [-0.3, -0.25) is 4.79 Å². The summed E-state index contributed by atoms with van der Waals surface area (Å²) in [6.45, 7) is 3.46. The lowest BCUT2D eigenvalue weighted by atomic mass is 10.1. The minimum absolute atomic E-state index is 0.247. The Bertz CT molecular complexity index is 1170. The van der Waals surface area contributed by atoms with Crippen molar-refractivity contribution >= 4 is 22.7 Å². The minimum atomic E-state index is -0.524. The Morgan fingerprint density at radius 2 is 1.86 bits per heavy atom. The number of carbonyl (C=O) groups is 2. The first-order valence-corrected chi connectivity index (χ1v) is 8.93.